The van der Waals surface area contributed by atoms with E-state index in [0.29, 0.717) is 18.8 Å². The van der Waals surface area contributed by atoms with Crippen molar-refractivity contribution in [2.45, 2.75) is 102 Å². The summed E-state index contributed by atoms with van der Waals surface area (Å²) in [6.45, 7) is 0.897. The van der Waals surface area contributed by atoms with Gasteiger partial charge >= 0.3 is 0 Å². The SMILES string of the molecule is O=C(CCCCC(=O)N1CCCC2CCCC=C21)NC12CC3CC(CC(C3)C1)C2. The number of carbonyl (C=O) groups excluding carboxylic acids is 2. The minimum atomic E-state index is 0.123. The molecule has 160 valence electrons. The first-order valence-corrected chi connectivity index (χ1v) is 12.4. The molecule has 4 bridgehead atoms. The molecule has 1 aliphatic heterocycles. The molecule has 0 spiro atoms. The van der Waals surface area contributed by atoms with Crippen molar-refractivity contribution in [1.29, 1.82) is 0 Å². The molecule has 1 unspecified atom stereocenters. The van der Waals surface area contributed by atoms with Crippen LogP contribution in [0.25, 0.3) is 0 Å². The molecule has 0 aromatic carbocycles. The van der Waals surface area contributed by atoms with Crippen LogP contribution in [0.5, 0.6) is 0 Å². The first-order valence-electron chi connectivity index (χ1n) is 12.4. The van der Waals surface area contributed by atoms with E-state index in [1.807, 2.05) is 0 Å². The first kappa shape index (κ1) is 19.6. The lowest BCUT2D eigenvalue weighted by molar-refractivity contribution is -0.131. The number of nitrogens with zero attached hydrogens (tertiary/aromatic N) is 1. The van der Waals surface area contributed by atoms with Crippen molar-refractivity contribution in [2.75, 3.05) is 6.54 Å². The van der Waals surface area contributed by atoms with Gasteiger partial charge in [0.2, 0.25) is 11.8 Å². The first-order chi connectivity index (χ1) is 14.1. The van der Waals surface area contributed by atoms with Gasteiger partial charge in [-0.3, -0.25) is 9.59 Å². The number of nitrogens with one attached hydrogen (secondary N) is 1. The molecular weight excluding hydrogens is 360 g/mol. The molecule has 1 saturated heterocycles. The average molecular weight is 399 g/mol. The number of carbonyl (C=O) groups is 2. The Morgan fingerprint density at radius 1 is 0.966 bits per heavy atom. The monoisotopic (exact) mass is 398 g/mol. The number of rotatable bonds is 6. The molecule has 6 rings (SSSR count). The van der Waals surface area contributed by atoms with E-state index in [1.54, 1.807) is 0 Å². The minimum absolute atomic E-state index is 0.123. The summed E-state index contributed by atoms with van der Waals surface area (Å²) >= 11 is 0. The van der Waals surface area contributed by atoms with Gasteiger partial charge in [-0.1, -0.05) is 6.08 Å². The maximum atomic E-state index is 12.8. The summed E-state index contributed by atoms with van der Waals surface area (Å²) < 4.78 is 0. The van der Waals surface area contributed by atoms with Crippen molar-refractivity contribution in [1.82, 2.24) is 10.2 Å². The molecule has 4 nitrogen and oxygen atoms in total. The molecule has 1 N–H and O–H groups in total. The predicted molar refractivity (Wildman–Crippen MR) is 114 cm³/mol. The van der Waals surface area contributed by atoms with Crippen molar-refractivity contribution in [3.63, 3.8) is 0 Å². The van der Waals surface area contributed by atoms with E-state index in [4.69, 9.17) is 0 Å². The van der Waals surface area contributed by atoms with Crippen LogP contribution in [-0.4, -0.2) is 28.8 Å². The molecule has 1 atom stereocenters. The molecule has 0 aromatic heterocycles. The fourth-order valence-corrected chi connectivity index (χ4v) is 7.76. The smallest absolute Gasteiger partial charge is 0.226 e. The molecule has 0 aromatic rings. The number of hydrogen-bond donors (Lipinski definition) is 1. The molecule has 5 aliphatic carbocycles. The van der Waals surface area contributed by atoms with Gasteiger partial charge in [-0.05, 0) is 107 Å². The summed E-state index contributed by atoms with van der Waals surface area (Å²) in [4.78, 5) is 27.5. The highest BCUT2D eigenvalue weighted by Crippen LogP contribution is 2.55. The maximum absolute atomic E-state index is 12.8. The Morgan fingerprint density at radius 2 is 1.62 bits per heavy atom. The Balaban J connectivity index is 1.06. The number of hydrogen-bond acceptors (Lipinski definition) is 2. The second kappa shape index (κ2) is 8.07. The van der Waals surface area contributed by atoms with Crippen LogP contribution in [0, 0.1) is 23.7 Å². The zero-order chi connectivity index (χ0) is 19.8. The molecule has 4 heteroatoms. The van der Waals surface area contributed by atoms with Gasteiger partial charge in [-0.25, -0.2) is 0 Å². The highest BCUT2D eigenvalue weighted by Gasteiger charge is 2.51. The van der Waals surface area contributed by atoms with Gasteiger partial charge in [-0.15, -0.1) is 0 Å². The van der Waals surface area contributed by atoms with Gasteiger partial charge in [-0.2, -0.15) is 0 Å². The fraction of sp³-hybridized carbons (Fsp3) is 0.840. The van der Waals surface area contributed by atoms with Crippen LogP contribution in [0.15, 0.2) is 11.8 Å². The van der Waals surface area contributed by atoms with Gasteiger partial charge < -0.3 is 10.2 Å². The normalized spacial score (nSPS) is 37.8. The summed E-state index contributed by atoms with van der Waals surface area (Å²) in [5, 5.41) is 3.47. The van der Waals surface area contributed by atoms with E-state index in [2.05, 4.69) is 16.3 Å². The Bertz CT molecular complexity index is 647. The third-order valence-corrected chi connectivity index (χ3v) is 8.56. The number of amides is 2. The molecule has 2 amide bonds. The second-order valence-electron chi connectivity index (χ2n) is 10.9. The molecule has 1 heterocycles. The Morgan fingerprint density at radius 3 is 2.34 bits per heavy atom. The number of allylic oxidation sites excluding steroid dienone is 2. The van der Waals surface area contributed by atoms with Crippen LogP contribution in [0.3, 0.4) is 0 Å². The average Bonchev–Trinajstić information content (AvgIpc) is 2.69. The third-order valence-electron chi connectivity index (χ3n) is 8.56. The van der Waals surface area contributed by atoms with E-state index >= 15 is 0 Å². The van der Waals surface area contributed by atoms with Gasteiger partial charge in [0.15, 0.2) is 0 Å². The van der Waals surface area contributed by atoms with Crippen LogP contribution in [-0.2, 0) is 9.59 Å². The number of piperidine rings is 1. The van der Waals surface area contributed by atoms with E-state index in [-0.39, 0.29) is 17.4 Å². The van der Waals surface area contributed by atoms with Crippen LogP contribution in [0.4, 0.5) is 0 Å². The van der Waals surface area contributed by atoms with Crippen LogP contribution in [0.1, 0.15) is 96.3 Å². The number of unbranched alkanes of at least 4 members (excludes halogenated alkanes) is 1. The standard InChI is InChI=1S/C25H38N2O2/c28-23(26-25-15-18-12-19(16-25)14-20(13-18)17-25)9-3-4-10-24(29)27-11-5-7-21-6-1-2-8-22(21)27/h8,18-21H,1-7,9-17H2,(H,26,28). The van der Waals surface area contributed by atoms with Crippen molar-refractivity contribution in [3.05, 3.63) is 11.8 Å². The quantitative estimate of drug-likeness (QED) is 0.644. The van der Waals surface area contributed by atoms with E-state index < -0.39 is 0 Å². The Hall–Kier alpha value is -1.32. The minimum Gasteiger partial charge on any atom is -0.351 e. The van der Waals surface area contributed by atoms with E-state index in [9.17, 15) is 9.59 Å². The highest BCUT2D eigenvalue weighted by atomic mass is 16.2. The highest BCUT2D eigenvalue weighted by molar-refractivity contribution is 5.79. The summed E-state index contributed by atoms with van der Waals surface area (Å²) in [5.74, 6) is 3.72. The van der Waals surface area contributed by atoms with Crippen molar-refractivity contribution in [3.8, 4) is 0 Å². The van der Waals surface area contributed by atoms with Gasteiger partial charge in [0.25, 0.3) is 0 Å². The van der Waals surface area contributed by atoms with Crippen molar-refractivity contribution < 1.29 is 9.59 Å². The van der Waals surface area contributed by atoms with E-state index in [0.717, 1.165) is 50.0 Å². The van der Waals surface area contributed by atoms with Gasteiger partial charge in [0.1, 0.15) is 0 Å². The molecule has 6 aliphatic rings. The largest absolute Gasteiger partial charge is 0.351 e. The zero-order valence-electron chi connectivity index (χ0n) is 18.0. The van der Waals surface area contributed by atoms with E-state index in [1.165, 1.54) is 63.5 Å². The number of likely N-dealkylation sites (tertiary alicyclic amines) is 1. The van der Waals surface area contributed by atoms with Crippen LogP contribution >= 0.6 is 0 Å². The predicted octanol–water partition coefficient (Wildman–Crippen LogP) is 4.94. The summed E-state index contributed by atoms with van der Waals surface area (Å²) in [5.41, 5.74) is 1.44. The lowest BCUT2D eigenvalue weighted by Crippen LogP contribution is -2.59. The summed E-state index contributed by atoms with van der Waals surface area (Å²) in [7, 11) is 0. The lowest BCUT2D eigenvalue weighted by Gasteiger charge is -2.56. The molecule has 29 heavy (non-hydrogen) atoms. The molecule has 5 fully saturated rings. The van der Waals surface area contributed by atoms with Gasteiger partial charge in [0, 0.05) is 30.6 Å². The van der Waals surface area contributed by atoms with Crippen LogP contribution in [0.2, 0.25) is 0 Å². The van der Waals surface area contributed by atoms with Gasteiger partial charge in [0.05, 0.1) is 0 Å². The fourth-order valence-electron chi connectivity index (χ4n) is 7.76. The number of fused-ring (bicyclic) bond motifs is 1. The molecule has 4 saturated carbocycles. The zero-order valence-corrected chi connectivity index (χ0v) is 18.0. The van der Waals surface area contributed by atoms with Crippen molar-refractivity contribution >= 4 is 11.8 Å². The van der Waals surface area contributed by atoms with Crippen molar-refractivity contribution in [2.24, 2.45) is 23.7 Å². The summed E-state index contributed by atoms with van der Waals surface area (Å²) in [6, 6.07) is 0. The molecular formula is C25H38N2O2. The molecule has 0 radical (unpaired) electrons. The Kier molecular flexibility index (Phi) is 5.47. The van der Waals surface area contributed by atoms with Crippen LogP contribution < -0.4 is 5.32 Å². The maximum Gasteiger partial charge on any atom is 0.226 e. The Labute approximate surface area is 175 Å². The summed E-state index contributed by atoms with van der Waals surface area (Å²) in [6.07, 6.45) is 19.1. The lowest BCUT2D eigenvalue weighted by atomic mass is 9.53. The topological polar surface area (TPSA) is 49.4 Å². The second-order valence-corrected chi connectivity index (χ2v) is 10.9. The third kappa shape index (κ3) is 4.14.